The summed E-state index contributed by atoms with van der Waals surface area (Å²) in [6.07, 6.45) is 2.80. The molecule has 0 saturated carbocycles. The second kappa shape index (κ2) is 7.91. The monoisotopic (exact) mass is 462 g/mol. The van der Waals surface area contributed by atoms with E-state index in [-0.39, 0.29) is 11.2 Å². The van der Waals surface area contributed by atoms with Gasteiger partial charge in [0.05, 0.1) is 9.13 Å². The van der Waals surface area contributed by atoms with Crippen molar-refractivity contribution in [2.75, 3.05) is 13.2 Å². The highest BCUT2D eigenvalue weighted by molar-refractivity contribution is 14.1. The van der Waals surface area contributed by atoms with Gasteiger partial charge in [-0.25, -0.2) is 9.18 Å². The molecule has 1 aliphatic rings. The maximum absolute atomic E-state index is 14.6. The molecule has 25 heavy (non-hydrogen) atoms. The maximum atomic E-state index is 14.6. The molecule has 0 amide bonds. The lowest BCUT2D eigenvalue weighted by Gasteiger charge is -2.40. The first-order chi connectivity index (χ1) is 11.6. The quantitative estimate of drug-likeness (QED) is 0.439. The molecule has 1 atom stereocenters. The number of hydrogen-bond acceptors (Lipinski definition) is 3. The Morgan fingerprint density at radius 2 is 1.88 bits per heavy atom. The zero-order valence-electron chi connectivity index (χ0n) is 15.7. The zero-order valence-corrected chi connectivity index (χ0v) is 17.9. The predicted octanol–water partition coefficient (Wildman–Crippen LogP) is 5.48. The molecular formula is C20H28FIO3. The first-order valence-electron chi connectivity index (χ1n) is 8.89. The van der Waals surface area contributed by atoms with Gasteiger partial charge < -0.3 is 9.47 Å². The van der Waals surface area contributed by atoms with Gasteiger partial charge in [0, 0.05) is 13.2 Å². The lowest BCUT2D eigenvalue weighted by atomic mass is 9.67. The van der Waals surface area contributed by atoms with E-state index in [1.54, 1.807) is 6.07 Å². The largest absolute Gasteiger partial charge is 0.456 e. The third-order valence-electron chi connectivity index (χ3n) is 5.16. The van der Waals surface area contributed by atoms with E-state index in [2.05, 4.69) is 13.8 Å². The standard InChI is InChI=1S/C20H28FIO3/c1-6-20(5,13-7-9-24-10-8-13)14-11-15(17(22)16(21)12-14)18(23)25-19(2,3)4/h11-13H,6-10H2,1-5H3. The summed E-state index contributed by atoms with van der Waals surface area (Å²) in [6.45, 7) is 11.2. The molecule has 140 valence electrons. The molecule has 3 nitrogen and oxygen atoms in total. The minimum Gasteiger partial charge on any atom is -0.456 e. The number of carbonyl (C=O) groups is 1. The SMILES string of the molecule is CCC(C)(c1cc(F)c(I)c(C(=O)OC(C)(C)C)c1)C1CCOCC1. The third-order valence-corrected chi connectivity index (χ3v) is 6.26. The number of hydrogen-bond donors (Lipinski definition) is 0. The van der Waals surface area contributed by atoms with Gasteiger partial charge in [0.15, 0.2) is 0 Å². The van der Waals surface area contributed by atoms with Crippen molar-refractivity contribution in [3.63, 3.8) is 0 Å². The van der Waals surface area contributed by atoms with Crippen molar-refractivity contribution in [1.29, 1.82) is 0 Å². The van der Waals surface area contributed by atoms with Gasteiger partial charge in [0.2, 0.25) is 0 Å². The molecule has 1 saturated heterocycles. The summed E-state index contributed by atoms with van der Waals surface area (Å²) >= 11 is 1.89. The minimum absolute atomic E-state index is 0.189. The lowest BCUT2D eigenvalue weighted by Crippen LogP contribution is -2.36. The highest BCUT2D eigenvalue weighted by atomic mass is 127. The van der Waals surface area contributed by atoms with Crippen molar-refractivity contribution in [2.45, 2.75) is 64.9 Å². The van der Waals surface area contributed by atoms with Gasteiger partial charge >= 0.3 is 5.97 Å². The smallest absolute Gasteiger partial charge is 0.339 e. The summed E-state index contributed by atoms with van der Waals surface area (Å²) in [7, 11) is 0. The Hall–Kier alpha value is -0.690. The van der Waals surface area contributed by atoms with Crippen molar-refractivity contribution in [1.82, 2.24) is 0 Å². The van der Waals surface area contributed by atoms with Gasteiger partial charge in [0.25, 0.3) is 0 Å². The lowest BCUT2D eigenvalue weighted by molar-refractivity contribution is 0.00667. The van der Waals surface area contributed by atoms with Crippen LogP contribution >= 0.6 is 22.6 Å². The Labute approximate surface area is 163 Å². The summed E-state index contributed by atoms with van der Waals surface area (Å²) < 4.78 is 25.9. The van der Waals surface area contributed by atoms with Crippen molar-refractivity contribution < 1.29 is 18.7 Å². The molecule has 0 aromatic heterocycles. The van der Waals surface area contributed by atoms with Crippen LogP contribution in [0.4, 0.5) is 4.39 Å². The molecule has 2 rings (SSSR count). The van der Waals surface area contributed by atoms with Crippen LogP contribution in [0.15, 0.2) is 12.1 Å². The van der Waals surface area contributed by atoms with Crippen LogP contribution in [0.3, 0.4) is 0 Å². The summed E-state index contributed by atoms with van der Waals surface area (Å²) in [5, 5.41) is 0. The van der Waals surface area contributed by atoms with Gasteiger partial charge in [0.1, 0.15) is 11.4 Å². The third kappa shape index (κ3) is 4.73. The number of carbonyl (C=O) groups excluding carboxylic acids is 1. The van der Waals surface area contributed by atoms with E-state index in [0.29, 0.717) is 15.1 Å². The van der Waals surface area contributed by atoms with Crippen molar-refractivity contribution in [3.8, 4) is 0 Å². The number of esters is 1. The molecule has 0 aliphatic carbocycles. The van der Waals surface area contributed by atoms with Gasteiger partial charge in [-0.1, -0.05) is 13.8 Å². The molecule has 0 radical (unpaired) electrons. The molecule has 1 unspecified atom stereocenters. The highest BCUT2D eigenvalue weighted by Gasteiger charge is 2.37. The van der Waals surface area contributed by atoms with E-state index in [1.165, 1.54) is 0 Å². The number of halogens is 2. The van der Waals surface area contributed by atoms with E-state index in [1.807, 2.05) is 49.4 Å². The Balaban J connectivity index is 2.45. The van der Waals surface area contributed by atoms with E-state index in [0.717, 1.165) is 38.0 Å². The number of ether oxygens (including phenoxy) is 2. The van der Waals surface area contributed by atoms with Gasteiger partial charge in [-0.05, 0) is 91.7 Å². The highest BCUT2D eigenvalue weighted by Crippen LogP contribution is 2.42. The Kier molecular flexibility index (Phi) is 6.52. The summed E-state index contributed by atoms with van der Waals surface area (Å²) in [4.78, 5) is 12.6. The maximum Gasteiger partial charge on any atom is 0.339 e. The van der Waals surface area contributed by atoms with Crippen LogP contribution in [0.25, 0.3) is 0 Å². The molecule has 1 aromatic carbocycles. The molecule has 0 bridgehead atoms. The van der Waals surface area contributed by atoms with E-state index in [4.69, 9.17) is 9.47 Å². The predicted molar refractivity (Wildman–Crippen MR) is 105 cm³/mol. The Morgan fingerprint density at radius 1 is 1.28 bits per heavy atom. The number of rotatable bonds is 4. The van der Waals surface area contributed by atoms with Crippen LogP contribution < -0.4 is 0 Å². The molecule has 1 heterocycles. The van der Waals surface area contributed by atoms with Crippen LogP contribution in [0, 0.1) is 15.3 Å². The average molecular weight is 462 g/mol. The van der Waals surface area contributed by atoms with Crippen LogP contribution in [-0.4, -0.2) is 24.8 Å². The van der Waals surface area contributed by atoms with Crippen molar-refractivity contribution in [2.24, 2.45) is 5.92 Å². The van der Waals surface area contributed by atoms with Crippen LogP contribution in [0.1, 0.15) is 69.8 Å². The molecule has 1 aliphatic heterocycles. The molecular weight excluding hydrogens is 434 g/mol. The second-order valence-corrected chi connectivity index (χ2v) is 9.06. The fourth-order valence-electron chi connectivity index (χ4n) is 3.46. The van der Waals surface area contributed by atoms with E-state index < -0.39 is 11.6 Å². The van der Waals surface area contributed by atoms with Gasteiger partial charge in [-0.2, -0.15) is 0 Å². The summed E-state index contributed by atoms with van der Waals surface area (Å²) in [5.74, 6) is -0.411. The molecule has 5 heteroatoms. The molecule has 1 fully saturated rings. The second-order valence-electron chi connectivity index (χ2n) is 7.98. The zero-order chi connectivity index (χ0) is 18.8. The first-order valence-corrected chi connectivity index (χ1v) is 9.97. The average Bonchev–Trinajstić information content (AvgIpc) is 2.55. The van der Waals surface area contributed by atoms with Gasteiger partial charge in [-0.3, -0.25) is 0 Å². The fraction of sp³-hybridized carbons (Fsp3) is 0.650. The molecule has 0 N–H and O–H groups in total. The fourth-order valence-corrected chi connectivity index (χ4v) is 4.00. The topological polar surface area (TPSA) is 35.5 Å². The summed E-state index contributed by atoms with van der Waals surface area (Å²) in [6, 6.07) is 3.42. The van der Waals surface area contributed by atoms with Crippen molar-refractivity contribution in [3.05, 3.63) is 32.6 Å². The summed E-state index contributed by atoms with van der Waals surface area (Å²) in [5.41, 5.74) is 0.394. The van der Waals surface area contributed by atoms with Crippen molar-refractivity contribution >= 4 is 28.6 Å². The first kappa shape index (κ1) is 20.6. The van der Waals surface area contributed by atoms with Crippen LogP contribution in [0.5, 0.6) is 0 Å². The van der Waals surface area contributed by atoms with E-state index >= 15 is 0 Å². The minimum atomic E-state index is -0.610. The van der Waals surface area contributed by atoms with Gasteiger partial charge in [-0.15, -0.1) is 0 Å². The Morgan fingerprint density at radius 3 is 2.40 bits per heavy atom. The van der Waals surface area contributed by atoms with E-state index in [9.17, 15) is 9.18 Å². The molecule has 0 spiro atoms. The normalized spacial score (nSPS) is 18.7. The molecule has 1 aromatic rings. The Bertz CT molecular complexity index is 633. The van der Waals surface area contributed by atoms with Crippen LogP contribution in [-0.2, 0) is 14.9 Å². The number of benzene rings is 1. The van der Waals surface area contributed by atoms with Crippen LogP contribution in [0.2, 0.25) is 0 Å².